The quantitative estimate of drug-likeness (QED) is 0.903. The van der Waals surface area contributed by atoms with E-state index < -0.39 is 11.0 Å². The molecule has 1 unspecified atom stereocenters. The van der Waals surface area contributed by atoms with Gasteiger partial charge in [-0.15, -0.1) is 0 Å². The third-order valence-corrected chi connectivity index (χ3v) is 4.33. The second-order valence-electron chi connectivity index (χ2n) is 4.41. The topological polar surface area (TPSA) is 59.2 Å². The first-order chi connectivity index (χ1) is 8.61. The second kappa shape index (κ2) is 5.63. The molecule has 2 rings (SSSR count). The Morgan fingerprint density at radius 2 is 2.33 bits per heavy atom. The molecule has 1 aromatic rings. The number of hydrogen-bond donors (Lipinski definition) is 1. The van der Waals surface area contributed by atoms with Crippen molar-refractivity contribution in [2.45, 2.75) is 19.8 Å². The normalized spacial score (nSPS) is 18.4. The van der Waals surface area contributed by atoms with Crippen LogP contribution in [0, 0.1) is 0 Å². The molecule has 0 fully saturated rings. The Morgan fingerprint density at radius 3 is 2.89 bits per heavy atom. The van der Waals surface area contributed by atoms with Crippen molar-refractivity contribution in [3.05, 3.63) is 29.6 Å². The van der Waals surface area contributed by atoms with Gasteiger partial charge in [-0.05, 0) is 30.0 Å². The number of nitrogens with zero attached hydrogens (tertiary/aromatic N) is 2. The molecule has 1 aliphatic heterocycles. The Morgan fingerprint density at radius 1 is 1.56 bits per heavy atom. The van der Waals surface area contributed by atoms with E-state index in [9.17, 15) is 4.21 Å². The maximum Gasteiger partial charge on any atom is 0.0913 e. The van der Waals surface area contributed by atoms with Gasteiger partial charge in [0.1, 0.15) is 0 Å². The Balaban J connectivity index is 2.20. The van der Waals surface area contributed by atoms with Crippen molar-refractivity contribution >= 4 is 22.2 Å². The van der Waals surface area contributed by atoms with Crippen LogP contribution in [0.4, 0.5) is 5.69 Å². The molecule has 1 aromatic heterocycles. The van der Waals surface area contributed by atoms with Gasteiger partial charge in [-0.25, -0.2) is 8.51 Å². The van der Waals surface area contributed by atoms with E-state index in [0.29, 0.717) is 0 Å². The standard InChI is InChI=1S/C13H19N3OS/c1-3-10-8-13(15-9-12(10)14)11-4-6-16(7-5-11)18(2)17/h4,8-9H,3,5-7,14H2,1-2H3. The van der Waals surface area contributed by atoms with Crippen molar-refractivity contribution in [2.24, 2.45) is 0 Å². The van der Waals surface area contributed by atoms with E-state index in [1.165, 1.54) is 5.57 Å². The number of anilines is 1. The molecule has 2 heterocycles. The largest absolute Gasteiger partial charge is 0.397 e. The first kappa shape index (κ1) is 13.2. The Hall–Kier alpha value is -1.20. The minimum atomic E-state index is -0.885. The number of nitrogen functional groups attached to an aromatic ring is 1. The Bertz CT molecular complexity index is 499. The summed E-state index contributed by atoms with van der Waals surface area (Å²) < 4.78 is 13.3. The number of aromatic nitrogens is 1. The van der Waals surface area contributed by atoms with Gasteiger partial charge in [0.25, 0.3) is 0 Å². The number of aryl methyl sites for hydroxylation is 1. The van der Waals surface area contributed by atoms with Crippen molar-refractivity contribution in [3.63, 3.8) is 0 Å². The van der Waals surface area contributed by atoms with Crippen molar-refractivity contribution in [3.8, 4) is 0 Å². The molecule has 5 heteroatoms. The highest BCUT2D eigenvalue weighted by Gasteiger charge is 2.16. The first-order valence-corrected chi connectivity index (χ1v) is 7.65. The molecule has 4 nitrogen and oxygen atoms in total. The Kier molecular flexibility index (Phi) is 4.14. The maximum absolute atomic E-state index is 11.4. The summed E-state index contributed by atoms with van der Waals surface area (Å²) in [6.45, 7) is 3.64. The van der Waals surface area contributed by atoms with Crippen molar-refractivity contribution in [2.75, 3.05) is 25.1 Å². The summed E-state index contributed by atoms with van der Waals surface area (Å²) in [6.07, 6.45) is 7.37. The maximum atomic E-state index is 11.4. The third kappa shape index (κ3) is 2.79. The summed E-state index contributed by atoms with van der Waals surface area (Å²) >= 11 is 0. The highest BCUT2D eigenvalue weighted by Crippen LogP contribution is 2.23. The van der Waals surface area contributed by atoms with Gasteiger partial charge in [-0.1, -0.05) is 13.0 Å². The molecule has 0 amide bonds. The number of hydrogen-bond acceptors (Lipinski definition) is 3. The molecule has 98 valence electrons. The second-order valence-corrected chi connectivity index (χ2v) is 5.78. The minimum Gasteiger partial charge on any atom is -0.397 e. The zero-order chi connectivity index (χ0) is 13.1. The highest BCUT2D eigenvalue weighted by molar-refractivity contribution is 7.81. The van der Waals surface area contributed by atoms with Crippen LogP contribution in [0.3, 0.4) is 0 Å². The van der Waals surface area contributed by atoms with E-state index in [0.717, 1.165) is 42.9 Å². The van der Waals surface area contributed by atoms with Crippen LogP contribution < -0.4 is 5.73 Å². The molecule has 0 saturated carbocycles. The number of nitrogens with two attached hydrogens (primary N) is 1. The van der Waals surface area contributed by atoms with Crippen molar-refractivity contribution in [1.29, 1.82) is 0 Å². The van der Waals surface area contributed by atoms with E-state index >= 15 is 0 Å². The summed E-state index contributed by atoms with van der Waals surface area (Å²) in [4.78, 5) is 4.39. The molecule has 0 bridgehead atoms. The van der Waals surface area contributed by atoms with E-state index in [1.807, 2.05) is 4.31 Å². The summed E-state index contributed by atoms with van der Waals surface area (Å²) in [6, 6.07) is 2.07. The highest BCUT2D eigenvalue weighted by atomic mass is 32.2. The first-order valence-electron chi connectivity index (χ1n) is 6.14. The van der Waals surface area contributed by atoms with Crippen molar-refractivity contribution in [1.82, 2.24) is 9.29 Å². The summed E-state index contributed by atoms with van der Waals surface area (Å²) in [5.74, 6) is 0. The zero-order valence-electron chi connectivity index (χ0n) is 10.8. The van der Waals surface area contributed by atoms with E-state index in [4.69, 9.17) is 5.73 Å². The van der Waals surface area contributed by atoms with Crippen LogP contribution in [0.1, 0.15) is 24.6 Å². The van der Waals surface area contributed by atoms with Gasteiger partial charge in [0.05, 0.1) is 28.6 Å². The van der Waals surface area contributed by atoms with Gasteiger partial charge < -0.3 is 5.73 Å². The molecule has 1 aliphatic rings. The van der Waals surface area contributed by atoms with Gasteiger partial charge in [-0.3, -0.25) is 4.98 Å². The number of pyridine rings is 1. The lowest BCUT2D eigenvalue weighted by Crippen LogP contribution is -2.29. The average Bonchev–Trinajstić information content (AvgIpc) is 2.39. The third-order valence-electron chi connectivity index (χ3n) is 3.27. The predicted octanol–water partition coefficient (Wildman–Crippen LogP) is 1.61. The molecular formula is C13H19N3OS. The van der Waals surface area contributed by atoms with E-state index in [1.54, 1.807) is 12.5 Å². The lowest BCUT2D eigenvalue weighted by Gasteiger charge is -2.23. The molecule has 1 atom stereocenters. The van der Waals surface area contributed by atoms with Crippen LogP contribution in [0.15, 0.2) is 18.3 Å². The van der Waals surface area contributed by atoms with Crippen molar-refractivity contribution < 1.29 is 4.21 Å². The lowest BCUT2D eigenvalue weighted by molar-refractivity contribution is 0.486. The van der Waals surface area contributed by atoms with Crippen LogP contribution in [-0.2, 0) is 17.4 Å². The molecule has 0 saturated heterocycles. The summed E-state index contributed by atoms with van der Waals surface area (Å²) in [7, 11) is -0.885. The molecule has 18 heavy (non-hydrogen) atoms. The van der Waals surface area contributed by atoms with Crippen LogP contribution >= 0.6 is 0 Å². The zero-order valence-corrected chi connectivity index (χ0v) is 11.7. The van der Waals surface area contributed by atoms with Crippen LogP contribution in [0.2, 0.25) is 0 Å². The molecule has 0 spiro atoms. The molecule has 0 radical (unpaired) electrons. The monoisotopic (exact) mass is 265 g/mol. The van der Waals surface area contributed by atoms with Crippen LogP contribution in [-0.4, -0.2) is 32.8 Å². The summed E-state index contributed by atoms with van der Waals surface area (Å²) in [5, 5.41) is 0. The Labute approximate surface area is 110 Å². The smallest absolute Gasteiger partial charge is 0.0913 e. The molecular weight excluding hydrogens is 246 g/mol. The summed E-state index contributed by atoms with van der Waals surface area (Å²) in [5.41, 5.74) is 9.99. The lowest BCUT2D eigenvalue weighted by atomic mass is 10.0. The van der Waals surface area contributed by atoms with Gasteiger partial charge in [0.15, 0.2) is 0 Å². The van der Waals surface area contributed by atoms with Gasteiger partial charge in [0.2, 0.25) is 0 Å². The molecule has 0 aromatic carbocycles. The fraction of sp³-hybridized carbons (Fsp3) is 0.462. The fourth-order valence-corrected chi connectivity index (χ4v) is 2.74. The minimum absolute atomic E-state index is 0.728. The van der Waals surface area contributed by atoms with E-state index in [2.05, 4.69) is 24.1 Å². The SMILES string of the molecule is CCc1cc(C2=CCN(S(C)=O)CC2)ncc1N. The van der Waals surface area contributed by atoms with Gasteiger partial charge in [0, 0.05) is 19.3 Å². The van der Waals surface area contributed by atoms with Crippen LogP contribution in [0.25, 0.3) is 5.57 Å². The molecule has 2 N–H and O–H groups in total. The van der Waals surface area contributed by atoms with Crippen LogP contribution in [0.5, 0.6) is 0 Å². The fourth-order valence-electron chi connectivity index (χ4n) is 2.11. The van der Waals surface area contributed by atoms with Gasteiger partial charge >= 0.3 is 0 Å². The average molecular weight is 265 g/mol. The number of rotatable bonds is 3. The molecule has 0 aliphatic carbocycles. The van der Waals surface area contributed by atoms with E-state index in [-0.39, 0.29) is 0 Å². The van der Waals surface area contributed by atoms with Gasteiger partial charge in [-0.2, -0.15) is 0 Å². The predicted molar refractivity (Wildman–Crippen MR) is 76.3 cm³/mol.